The Balaban J connectivity index is 0.000000114. The van der Waals surface area contributed by atoms with Gasteiger partial charge in [0.15, 0.2) is 0 Å². The number of rotatable bonds is 15. The monoisotopic (exact) mass is 1860 g/mol. The van der Waals surface area contributed by atoms with Gasteiger partial charge in [0.25, 0.3) is 0 Å². The molecule has 24 aromatic carbocycles. The van der Waals surface area contributed by atoms with E-state index in [9.17, 15) is 0 Å². The van der Waals surface area contributed by atoms with Crippen LogP contribution in [-0.2, 0) is 0 Å². The Morgan fingerprint density at radius 3 is 0.637 bits per heavy atom. The Morgan fingerprint density at radius 2 is 0.349 bits per heavy atom. The zero-order valence-corrected chi connectivity index (χ0v) is 82.1. The summed E-state index contributed by atoms with van der Waals surface area (Å²) in [5, 5.41) is 22.6. The minimum atomic E-state index is 1.14. The first-order valence-corrected chi connectivity index (χ1v) is 50.6. The molecule has 27 rings (SSSR count). The number of fused-ring (bicyclic) bond motifs is 9. The van der Waals surface area contributed by atoms with Crippen molar-refractivity contribution in [2.45, 2.75) is 34.6 Å². The quantitative estimate of drug-likeness (QED) is 0.0909. The van der Waals surface area contributed by atoms with Crippen LogP contribution in [0.15, 0.2) is 534 Å². The zero-order chi connectivity index (χ0) is 97.8. The second-order valence-corrected chi connectivity index (χ2v) is 38.7. The first-order valence-electron chi connectivity index (χ1n) is 50.6. The molecule has 0 fully saturated rings. The number of aryl methyl sites for hydroxylation is 4. The molecule has 0 aliphatic carbocycles. The van der Waals surface area contributed by atoms with Crippen LogP contribution in [0, 0.1) is 34.6 Å². The van der Waals surface area contributed by atoms with E-state index in [0.717, 1.165) is 17.1 Å². The van der Waals surface area contributed by atoms with Gasteiger partial charge in [0.1, 0.15) is 0 Å². The van der Waals surface area contributed by atoms with Crippen molar-refractivity contribution in [3.8, 4) is 151 Å². The van der Waals surface area contributed by atoms with Gasteiger partial charge in [0.2, 0.25) is 0 Å². The molecule has 3 aromatic heterocycles. The summed E-state index contributed by atoms with van der Waals surface area (Å²) >= 11 is 0. The van der Waals surface area contributed by atoms with E-state index in [1.165, 1.54) is 259 Å². The molecule has 3 heterocycles. The maximum absolute atomic E-state index is 2.44. The number of nitrogens with zero attached hydrogens (tertiary/aromatic N) is 3. The van der Waals surface area contributed by atoms with Gasteiger partial charge in [0, 0.05) is 17.1 Å². The van der Waals surface area contributed by atoms with Crippen LogP contribution in [0.3, 0.4) is 0 Å². The minimum Gasteiger partial charge on any atom is -0.309 e. The number of hydrogen-bond donors (Lipinski definition) is 0. The number of aromatic nitrogens is 3. The summed E-state index contributed by atoms with van der Waals surface area (Å²) in [7, 11) is 0. The predicted molar refractivity (Wildman–Crippen MR) is 624 cm³/mol. The predicted octanol–water partition coefficient (Wildman–Crippen LogP) is 39.4. The first kappa shape index (κ1) is 88.9. The number of benzene rings is 24. The molecule has 0 aliphatic rings. The average molecular weight is 1860 g/mol. The third kappa shape index (κ3) is 16.4. The summed E-state index contributed by atoms with van der Waals surface area (Å²) in [6.45, 7) is 11.0. The smallest absolute Gasteiger partial charge is 0.0535 e. The van der Waals surface area contributed by atoms with Gasteiger partial charge in [-0.15, -0.1) is 0 Å². The van der Waals surface area contributed by atoms with Gasteiger partial charge in [-0.3, -0.25) is 0 Å². The fourth-order valence-corrected chi connectivity index (χ4v) is 22.7. The largest absolute Gasteiger partial charge is 0.309 e. The summed E-state index contributed by atoms with van der Waals surface area (Å²) < 4.78 is 7.29. The maximum Gasteiger partial charge on any atom is 0.0535 e. The summed E-state index contributed by atoms with van der Waals surface area (Å²) in [6, 6.07) is 195. The lowest BCUT2D eigenvalue weighted by atomic mass is 9.84. The molecule has 0 aliphatic heterocycles. The molecule has 0 N–H and O–H groups in total. The second kappa shape index (κ2) is 38.1. The van der Waals surface area contributed by atoms with Crippen molar-refractivity contribution in [1.29, 1.82) is 0 Å². The lowest BCUT2D eigenvalue weighted by Crippen LogP contribution is -2.00. The van der Waals surface area contributed by atoms with E-state index in [1.807, 2.05) is 0 Å². The highest BCUT2D eigenvalue weighted by Crippen LogP contribution is 2.52. The van der Waals surface area contributed by atoms with E-state index in [1.54, 1.807) is 0 Å². The summed E-state index contributed by atoms with van der Waals surface area (Å²) in [5.41, 5.74) is 39.1. The molecule has 0 amide bonds. The van der Waals surface area contributed by atoms with Crippen LogP contribution < -0.4 is 0 Å². The fraction of sp³-hybridized carbons (Fsp3) is 0.0350. The topological polar surface area (TPSA) is 14.8 Å². The summed E-state index contributed by atoms with van der Waals surface area (Å²) in [5.74, 6) is 0. The maximum atomic E-state index is 2.44. The molecular formula is C143H103N3. The van der Waals surface area contributed by atoms with Crippen molar-refractivity contribution in [1.82, 2.24) is 13.7 Å². The minimum absolute atomic E-state index is 1.14. The van der Waals surface area contributed by atoms with Crippen LogP contribution >= 0.6 is 0 Å². The summed E-state index contributed by atoms with van der Waals surface area (Å²) in [6.07, 6.45) is 0. The molecule has 0 atom stereocenters. The number of hydrogen-bond acceptors (Lipinski definition) is 0. The molecule has 0 spiro atoms. The Morgan fingerprint density at radius 1 is 0.123 bits per heavy atom. The lowest BCUT2D eigenvalue weighted by molar-refractivity contribution is 1.10. The van der Waals surface area contributed by atoms with E-state index in [2.05, 4.69) is 582 Å². The van der Waals surface area contributed by atoms with Crippen LogP contribution in [0.5, 0.6) is 0 Å². The van der Waals surface area contributed by atoms with E-state index in [-0.39, 0.29) is 0 Å². The van der Waals surface area contributed by atoms with E-state index >= 15 is 0 Å². The molecule has 0 radical (unpaired) electrons. The van der Waals surface area contributed by atoms with Gasteiger partial charge in [-0.2, -0.15) is 0 Å². The van der Waals surface area contributed by atoms with Crippen LogP contribution in [0.4, 0.5) is 0 Å². The molecular weight excluding hydrogens is 1760 g/mol. The standard InChI is InChI=1S/C49H37N.2C47H33N/c1-32-28-40(29-33(2)34(32)3)49-43-21-13-12-20-42(43)48(39-23-22-35-14-10-11-19-38(35)30-39)44-25-24-41(31-45(44)49)50-46(36-15-6-4-7-16-36)26-27-47(50)37-17-8-5-9-18-37;1-32-13-12-20-37(29-32)47-41-22-11-10-21-40(41)46(38-24-23-33-14-8-9-19-36(33)30-38)42-26-25-39(31-43(42)47)48-44(34-15-4-2-5-16-34)27-28-45(48)35-17-6-3-7-18-35;1-32-20-22-36(23-21-32)46-40-18-10-11-19-41(40)47(38-25-24-33-12-8-9-17-37(33)30-38)42-27-26-39(31-43(42)46)48-44(34-13-4-2-5-14-34)28-29-45(48)35-15-6-3-7-16-35/h4-31H,1-3H3;2*2-31H,1H3. The fourth-order valence-electron chi connectivity index (χ4n) is 22.7. The van der Waals surface area contributed by atoms with Gasteiger partial charge >= 0.3 is 0 Å². The zero-order valence-electron chi connectivity index (χ0n) is 82.1. The van der Waals surface area contributed by atoms with Crippen molar-refractivity contribution >= 4 is 97.0 Å². The van der Waals surface area contributed by atoms with Crippen LogP contribution in [0.2, 0.25) is 0 Å². The Kier molecular flexibility index (Phi) is 23.2. The van der Waals surface area contributed by atoms with E-state index in [0.29, 0.717) is 0 Å². The highest BCUT2D eigenvalue weighted by Gasteiger charge is 2.27. The third-order valence-corrected chi connectivity index (χ3v) is 29.8. The molecule has 27 aromatic rings. The molecule has 690 valence electrons. The van der Waals surface area contributed by atoms with Gasteiger partial charge in [-0.1, -0.05) is 454 Å². The van der Waals surface area contributed by atoms with Crippen LogP contribution in [-0.4, -0.2) is 13.7 Å². The Bertz CT molecular complexity index is 9490. The molecule has 0 saturated carbocycles. The van der Waals surface area contributed by atoms with Crippen LogP contribution in [0.25, 0.3) is 248 Å². The molecule has 0 saturated heterocycles. The molecule has 146 heavy (non-hydrogen) atoms. The van der Waals surface area contributed by atoms with E-state index in [4.69, 9.17) is 0 Å². The SMILES string of the molecule is Cc1cc(-c2c3ccccc3c(-c3ccc4ccccc4c3)c3ccc(-n4c(-c5ccccc5)ccc4-c4ccccc4)cc23)cc(C)c1C.Cc1ccc(-c2c3ccccc3c(-c3ccc4ccccc4c3)c3ccc(-n4c(-c5ccccc5)ccc4-c4ccccc4)cc23)cc1.Cc1cccc(-c2c3ccccc3c(-c3ccc4ccccc4c3)c3ccc(-n4c(-c5ccccc5)ccc4-c4ccccc4)cc23)c1. The van der Waals surface area contributed by atoms with E-state index < -0.39 is 0 Å². The Labute approximate surface area is 852 Å². The van der Waals surface area contributed by atoms with Gasteiger partial charge in [0.05, 0.1) is 34.2 Å². The normalized spacial score (nSPS) is 11.5. The molecule has 3 heteroatoms. The van der Waals surface area contributed by atoms with Crippen molar-refractivity contribution in [2.24, 2.45) is 0 Å². The highest BCUT2D eigenvalue weighted by atomic mass is 15.0. The lowest BCUT2D eigenvalue weighted by Gasteiger charge is -2.21. The van der Waals surface area contributed by atoms with Gasteiger partial charge in [-0.05, 0) is 339 Å². The van der Waals surface area contributed by atoms with Crippen molar-refractivity contribution < 1.29 is 0 Å². The first-order chi connectivity index (χ1) is 72.0. The van der Waals surface area contributed by atoms with Gasteiger partial charge in [-0.25, -0.2) is 0 Å². The van der Waals surface area contributed by atoms with Crippen molar-refractivity contribution in [2.75, 3.05) is 0 Å². The summed E-state index contributed by atoms with van der Waals surface area (Å²) in [4.78, 5) is 0. The second-order valence-electron chi connectivity index (χ2n) is 38.7. The average Bonchev–Trinajstić information content (AvgIpc) is 0.977. The third-order valence-electron chi connectivity index (χ3n) is 29.8. The van der Waals surface area contributed by atoms with Crippen molar-refractivity contribution in [3.05, 3.63) is 562 Å². The highest BCUT2D eigenvalue weighted by molar-refractivity contribution is 6.26. The van der Waals surface area contributed by atoms with Crippen LogP contribution in [0.1, 0.15) is 27.8 Å². The van der Waals surface area contributed by atoms with Crippen molar-refractivity contribution in [3.63, 3.8) is 0 Å². The molecule has 3 nitrogen and oxygen atoms in total. The van der Waals surface area contributed by atoms with Gasteiger partial charge < -0.3 is 13.7 Å². The molecule has 0 bridgehead atoms. The molecule has 0 unspecified atom stereocenters. The Hall–Kier alpha value is -18.5.